The zero-order valence-electron chi connectivity index (χ0n) is 14.9. The summed E-state index contributed by atoms with van der Waals surface area (Å²) >= 11 is 4.84. The number of hydrogen-bond acceptors (Lipinski definition) is 6. The molecular formula is C19H21N3O2S3. The van der Waals surface area contributed by atoms with Crippen molar-refractivity contribution in [1.29, 1.82) is 0 Å². The molecule has 0 atom stereocenters. The van der Waals surface area contributed by atoms with E-state index in [1.165, 1.54) is 33.5 Å². The number of carbonyl (C=O) groups is 1. The molecule has 0 bridgehead atoms. The first-order chi connectivity index (χ1) is 13.2. The Hall–Kier alpha value is -1.64. The van der Waals surface area contributed by atoms with Gasteiger partial charge in [-0.05, 0) is 49.1 Å². The molecule has 0 radical (unpaired) electrons. The van der Waals surface area contributed by atoms with Crippen LogP contribution < -0.4 is 10.9 Å². The van der Waals surface area contributed by atoms with Crippen molar-refractivity contribution in [2.24, 2.45) is 0 Å². The van der Waals surface area contributed by atoms with Gasteiger partial charge in [0.2, 0.25) is 5.91 Å². The van der Waals surface area contributed by atoms with Gasteiger partial charge in [0.25, 0.3) is 5.56 Å². The maximum atomic E-state index is 12.5. The van der Waals surface area contributed by atoms with Gasteiger partial charge in [-0.3, -0.25) is 9.59 Å². The molecule has 0 saturated carbocycles. The highest BCUT2D eigenvalue weighted by Gasteiger charge is 2.19. The topological polar surface area (TPSA) is 74.8 Å². The van der Waals surface area contributed by atoms with Gasteiger partial charge in [0.05, 0.1) is 16.9 Å². The lowest BCUT2D eigenvalue weighted by Gasteiger charge is -2.09. The van der Waals surface area contributed by atoms with E-state index in [0.29, 0.717) is 23.9 Å². The minimum atomic E-state index is -0.0320. The summed E-state index contributed by atoms with van der Waals surface area (Å²) in [6.45, 7) is 0.654. The number of rotatable bonds is 7. The van der Waals surface area contributed by atoms with Gasteiger partial charge in [-0.25, -0.2) is 4.98 Å². The number of nitrogens with one attached hydrogen (secondary N) is 2. The highest BCUT2D eigenvalue weighted by molar-refractivity contribution is 7.99. The van der Waals surface area contributed by atoms with E-state index in [0.717, 1.165) is 35.9 Å². The summed E-state index contributed by atoms with van der Waals surface area (Å²) in [6, 6.07) is 4.10. The normalized spacial score (nSPS) is 13.6. The molecule has 1 aliphatic rings. The summed E-state index contributed by atoms with van der Waals surface area (Å²) < 4.78 is 0. The van der Waals surface area contributed by atoms with Crippen LogP contribution in [0.5, 0.6) is 0 Å². The predicted molar refractivity (Wildman–Crippen MR) is 114 cm³/mol. The number of carbonyl (C=O) groups excluding carboxylic acids is 1. The van der Waals surface area contributed by atoms with Crippen molar-refractivity contribution < 1.29 is 4.79 Å². The van der Waals surface area contributed by atoms with Crippen molar-refractivity contribution in [2.75, 3.05) is 12.3 Å². The van der Waals surface area contributed by atoms with E-state index in [-0.39, 0.29) is 11.5 Å². The Balaban J connectivity index is 1.31. The van der Waals surface area contributed by atoms with Crippen molar-refractivity contribution in [1.82, 2.24) is 15.3 Å². The summed E-state index contributed by atoms with van der Waals surface area (Å²) in [5, 5.41) is 5.77. The van der Waals surface area contributed by atoms with Crippen molar-refractivity contribution in [3.05, 3.63) is 49.0 Å². The fraction of sp³-hybridized carbons (Fsp3) is 0.421. The van der Waals surface area contributed by atoms with Crippen LogP contribution in [0, 0.1) is 0 Å². The minimum absolute atomic E-state index is 0.0200. The van der Waals surface area contributed by atoms with Crippen LogP contribution in [0.2, 0.25) is 0 Å². The fourth-order valence-electron chi connectivity index (χ4n) is 3.35. The van der Waals surface area contributed by atoms with Gasteiger partial charge in [-0.15, -0.1) is 34.4 Å². The summed E-state index contributed by atoms with van der Waals surface area (Å²) in [5.74, 6) is 1.58. The first-order valence-electron chi connectivity index (χ1n) is 9.11. The lowest BCUT2D eigenvalue weighted by Crippen LogP contribution is -2.27. The van der Waals surface area contributed by atoms with Crippen LogP contribution in [0.15, 0.2) is 22.3 Å². The van der Waals surface area contributed by atoms with Gasteiger partial charge in [-0.1, -0.05) is 6.07 Å². The summed E-state index contributed by atoms with van der Waals surface area (Å²) in [7, 11) is 0. The van der Waals surface area contributed by atoms with Crippen LogP contribution in [-0.2, 0) is 29.8 Å². The quantitative estimate of drug-likeness (QED) is 0.614. The van der Waals surface area contributed by atoms with Gasteiger partial charge in [-0.2, -0.15) is 0 Å². The summed E-state index contributed by atoms with van der Waals surface area (Å²) in [6.07, 6.45) is 5.26. The Labute approximate surface area is 169 Å². The molecular weight excluding hydrogens is 398 g/mol. The molecule has 5 nitrogen and oxygen atoms in total. The first kappa shape index (κ1) is 18.7. The molecule has 0 aromatic carbocycles. The molecule has 3 aromatic heterocycles. The van der Waals surface area contributed by atoms with E-state index >= 15 is 0 Å². The number of fused-ring (bicyclic) bond motifs is 3. The molecule has 3 aromatic rings. The number of thioether (sulfide) groups is 1. The molecule has 0 aliphatic heterocycles. The largest absolute Gasteiger partial charge is 0.355 e. The van der Waals surface area contributed by atoms with Crippen molar-refractivity contribution >= 4 is 50.6 Å². The number of aromatic amines is 1. The average molecular weight is 420 g/mol. The summed E-state index contributed by atoms with van der Waals surface area (Å²) in [5.41, 5.74) is 1.18. The maximum absolute atomic E-state index is 12.5. The Morgan fingerprint density at radius 1 is 1.33 bits per heavy atom. The van der Waals surface area contributed by atoms with Crippen LogP contribution in [0.3, 0.4) is 0 Å². The number of thiophene rings is 2. The molecule has 2 N–H and O–H groups in total. The molecule has 3 heterocycles. The van der Waals surface area contributed by atoms with Gasteiger partial charge < -0.3 is 10.3 Å². The standard InChI is InChI=1S/C19H21N3O2S3/c23-16(20-8-7-12-4-3-9-26-12)11-25-10-15-21-18(24)17-13-5-1-2-6-14(13)27-19(17)22-15/h3-4,9H,1-2,5-8,10-11H2,(H,20,23)(H,21,22,24). The highest BCUT2D eigenvalue weighted by Crippen LogP contribution is 2.33. The smallest absolute Gasteiger partial charge is 0.259 e. The number of amides is 1. The van der Waals surface area contributed by atoms with Gasteiger partial charge in [0, 0.05) is 16.3 Å². The molecule has 142 valence electrons. The molecule has 0 unspecified atom stereocenters. The molecule has 0 spiro atoms. The van der Waals surface area contributed by atoms with E-state index in [1.54, 1.807) is 22.7 Å². The van der Waals surface area contributed by atoms with Crippen molar-refractivity contribution in [3.8, 4) is 0 Å². The molecule has 8 heteroatoms. The van der Waals surface area contributed by atoms with Crippen LogP contribution >= 0.6 is 34.4 Å². The van der Waals surface area contributed by atoms with E-state index in [2.05, 4.69) is 21.4 Å². The third-order valence-electron chi connectivity index (χ3n) is 4.62. The monoisotopic (exact) mass is 419 g/mol. The predicted octanol–water partition coefficient (Wildman–Crippen LogP) is 3.52. The maximum Gasteiger partial charge on any atom is 0.259 e. The molecule has 27 heavy (non-hydrogen) atoms. The third-order valence-corrected chi connectivity index (χ3v) is 7.69. The minimum Gasteiger partial charge on any atom is -0.355 e. The Morgan fingerprint density at radius 2 is 2.22 bits per heavy atom. The molecule has 1 aliphatic carbocycles. The van der Waals surface area contributed by atoms with Crippen LogP contribution in [0.1, 0.15) is 34.0 Å². The molecule has 0 fully saturated rings. The SMILES string of the molecule is O=C(CSCc1nc2sc3c(c2c(=O)[nH]1)CCCC3)NCCc1cccs1. The van der Waals surface area contributed by atoms with Gasteiger partial charge in [0.15, 0.2) is 0 Å². The number of aryl methyl sites for hydroxylation is 2. The van der Waals surface area contributed by atoms with Crippen LogP contribution in [0.4, 0.5) is 0 Å². The molecule has 4 rings (SSSR count). The van der Waals surface area contributed by atoms with E-state index in [1.807, 2.05) is 11.4 Å². The number of aromatic nitrogens is 2. The molecule has 0 saturated heterocycles. The fourth-order valence-corrected chi connectivity index (χ4v) is 6.06. The van der Waals surface area contributed by atoms with Crippen molar-refractivity contribution in [2.45, 2.75) is 37.9 Å². The lowest BCUT2D eigenvalue weighted by molar-refractivity contribution is -0.118. The Morgan fingerprint density at radius 3 is 3.07 bits per heavy atom. The van der Waals surface area contributed by atoms with E-state index in [9.17, 15) is 9.59 Å². The second-order valence-corrected chi connectivity index (χ2v) is 9.68. The lowest BCUT2D eigenvalue weighted by atomic mass is 9.97. The zero-order chi connectivity index (χ0) is 18.6. The van der Waals surface area contributed by atoms with E-state index < -0.39 is 0 Å². The Bertz CT molecular complexity index is 992. The van der Waals surface area contributed by atoms with Gasteiger partial charge in [0.1, 0.15) is 10.7 Å². The second kappa shape index (κ2) is 8.58. The van der Waals surface area contributed by atoms with Gasteiger partial charge >= 0.3 is 0 Å². The zero-order valence-corrected chi connectivity index (χ0v) is 17.3. The van der Waals surface area contributed by atoms with Crippen LogP contribution in [0.25, 0.3) is 10.2 Å². The summed E-state index contributed by atoms with van der Waals surface area (Å²) in [4.78, 5) is 35.5. The number of H-pyrrole nitrogens is 1. The second-order valence-electron chi connectivity index (χ2n) is 6.58. The molecule has 1 amide bonds. The number of nitrogens with zero attached hydrogens (tertiary/aromatic N) is 1. The average Bonchev–Trinajstić information content (AvgIpc) is 3.29. The van der Waals surface area contributed by atoms with Crippen LogP contribution in [-0.4, -0.2) is 28.2 Å². The van der Waals surface area contributed by atoms with E-state index in [4.69, 9.17) is 0 Å². The van der Waals surface area contributed by atoms with Crippen molar-refractivity contribution in [3.63, 3.8) is 0 Å². The first-order valence-corrected chi connectivity index (χ1v) is 12.0. The number of hydrogen-bond donors (Lipinski definition) is 2. The Kier molecular flexibility index (Phi) is 5.95. The highest BCUT2D eigenvalue weighted by atomic mass is 32.2. The third kappa shape index (κ3) is 4.44.